The van der Waals surface area contributed by atoms with E-state index in [1.54, 1.807) is 14.2 Å². The Kier molecular flexibility index (Phi) is 6.57. The minimum Gasteiger partial charge on any atom is -0.385 e. The van der Waals surface area contributed by atoms with Gasteiger partial charge in [-0.2, -0.15) is 0 Å². The van der Waals surface area contributed by atoms with E-state index < -0.39 is 0 Å². The quantitative estimate of drug-likeness (QED) is 0.592. The Labute approximate surface area is 69.9 Å². The molecule has 0 heterocycles. The van der Waals surface area contributed by atoms with Gasteiger partial charge in [-0.15, -0.1) is 0 Å². The summed E-state index contributed by atoms with van der Waals surface area (Å²) in [5, 5.41) is 0. The van der Waals surface area contributed by atoms with Crippen LogP contribution in [0.25, 0.3) is 0 Å². The highest BCUT2D eigenvalue weighted by Gasteiger charge is 2.13. The predicted octanol–water partition coefficient (Wildman–Crippen LogP) is 2.08. The molecule has 2 heteroatoms. The fourth-order valence-corrected chi connectivity index (χ4v) is 1.13. The first-order valence-corrected chi connectivity index (χ1v) is 4.28. The van der Waals surface area contributed by atoms with E-state index >= 15 is 0 Å². The van der Waals surface area contributed by atoms with Crippen LogP contribution in [0.4, 0.5) is 0 Å². The van der Waals surface area contributed by atoms with Crippen LogP contribution in [-0.2, 0) is 9.47 Å². The highest BCUT2D eigenvalue weighted by atomic mass is 16.5. The van der Waals surface area contributed by atoms with Gasteiger partial charge in [0, 0.05) is 20.8 Å². The van der Waals surface area contributed by atoms with Gasteiger partial charge >= 0.3 is 0 Å². The van der Waals surface area contributed by atoms with E-state index in [1.807, 2.05) is 0 Å². The molecule has 0 N–H and O–H groups in total. The van der Waals surface area contributed by atoms with Gasteiger partial charge in [-0.3, -0.25) is 0 Å². The SMILES string of the molecule is CCC(C)C(CCOC)OC. The van der Waals surface area contributed by atoms with Gasteiger partial charge in [-0.05, 0) is 12.3 Å². The molecule has 0 aliphatic rings. The van der Waals surface area contributed by atoms with Gasteiger partial charge in [-0.1, -0.05) is 20.3 Å². The molecule has 2 nitrogen and oxygen atoms in total. The highest BCUT2D eigenvalue weighted by Crippen LogP contribution is 2.13. The monoisotopic (exact) mass is 160 g/mol. The molecular formula is C9H20O2. The molecule has 0 fully saturated rings. The number of hydrogen-bond donors (Lipinski definition) is 0. The lowest BCUT2D eigenvalue weighted by molar-refractivity contribution is 0.0297. The Balaban J connectivity index is 3.56. The molecular weight excluding hydrogens is 140 g/mol. The summed E-state index contributed by atoms with van der Waals surface area (Å²) < 4.78 is 10.3. The van der Waals surface area contributed by atoms with Crippen LogP contribution in [0.1, 0.15) is 26.7 Å². The maximum Gasteiger partial charge on any atom is 0.0618 e. The first-order chi connectivity index (χ1) is 5.26. The number of rotatable bonds is 6. The van der Waals surface area contributed by atoms with E-state index in [1.165, 1.54) is 6.42 Å². The topological polar surface area (TPSA) is 18.5 Å². The zero-order valence-corrected chi connectivity index (χ0v) is 8.09. The smallest absolute Gasteiger partial charge is 0.0618 e. The molecule has 0 aliphatic carbocycles. The zero-order chi connectivity index (χ0) is 8.69. The maximum atomic E-state index is 5.33. The average molecular weight is 160 g/mol. The Hall–Kier alpha value is -0.0800. The lowest BCUT2D eigenvalue weighted by Gasteiger charge is -2.20. The van der Waals surface area contributed by atoms with Gasteiger partial charge in [-0.25, -0.2) is 0 Å². The van der Waals surface area contributed by atoms with Crippen LogP contribution in [0.3, 0.4) is 0 Å². The molecule has 0 saturated heterocycles. The summed E-state index contributed by atoms with van der Waals surface area (Å²) >= 11 is 0. The molecule has 0 aromatic rings. The van der Waals surface area contributed by atoms with Gasteiger partial charge in [0.05, 0.1) is 6.10 Å². The Morgan fingerprint density at radius 1 is 1.27 bits per heavy atom. The molecule has 2 atom stereocenters. The normalized spacial score (nSPS) is 16.4. The maximum absolute atomic E-state index is 5.33. The van der Waals surface area contributed by atoms with E-state index in [9.17, 15) is 0 Å². The number of ether oxygens (including phenoxy) is 2. The fraction of sp³-hybridized carbons (Fsp3) is 1.00. The lowest BCUT2D eigenvalue weighted by atomic mass is 9.99. The summed E-state index contributed by atoms with van der Waals surface area (Å²) in [6, 6.07) is 0. The predicted molar refractivity (Wildman–Crippen MR) is 46.7 cm³/mol. The summed E-state index contributed by atoms with van der Waals surface area (Å²) in [4.78, 5) is 0. The highest BCUT2D eigenvalue weighted by molar-refractivity contribution is 4.63. The first kappa shape index (κ1) is 10.9. The van der Waals surface area contributed by atoms with Crippen LogP contribution in [0.5, 0.6) is 0 Å². The second kappa shape index (κ2) is 6.62. The molecule has 0 rings (SSSR count). The van der Waals surface area contributed by atoms with Crippen LogP contribution in [0.2, 0.25) is 0 Å². The molecule has 0 radical (unpaired) electrons. The van der Waals surface area contributed by atoms with Gasteiger partial charge in [0.25, 0.3) is 0 Å². The molecule has 68 valence electrons. The van der Waals surface area contributed by atoms with Crippen molar-refractivity contribution in [2.75, 3.05) is 20.8 Å². The molecule has 0 aromatic heterocycles. The summed E-state index contributed by atoms with van der Waals surface area (Å²) in [6.07, 6.45) is 2.53. The average Bonchev–Trinajstić information content (AvgIpc) is 2.05. The van der Waals surface area contributed by atoms with Crippen molar-refractivity contribution >= 4 is 0 Å². The second-order valence-electron chi connectivity index (χ2n) is 2.94. The van der Waals surface area contributed by atoms with Crippen LogP contribution < -0.4 is 0 Å². The van der Waals surface area contributed by atoms with Crippen molar-refractivity contribution in [3.8, 4) is 0 Å². The van der Waals surface area contributed by atoms with Crippen LogP contribution in [0.15, 0.2) is 0 Å². The molecule has 0 bridgehead atoms. The van der Waals surface area contributed by atoms with Gasteiger partial charge in [0.1, 0.15) is 0 Å². The van der Waals surface area contributed by atoms with Crippen molar-refractivity contribution in [1.29, 1.82) is 0 Å². The molecule has 0 aromatic carbocycles. The van der Waals surface area contributed by atoms with E-state index in [0.717, 1.165) is 13.0 Å². The standard InChI is InChI=1S/C9H20O2/c1-5-8(2)9(11-4)6-7-10-3/h8-9H,5-7H2,1-4H3. The summed E-state index contributed by atoms with van der Waals surface area (Å²) in [6.45, 7) is 5.19. The first-order valence-electron chi connectivity index (χ1n) is 4.28. The summed E-state index contributed by atoms with van der Waals surface area (Å²) in [5.41, 5.74) is 0. The minimum absolute atomic E-state index is 0.361. The molecule has 0 aliphatic heterocycles. The minimum atomic E-state index is 0.361. The Bertz CT molecular complexity index is 83.6. The van der Waals surface area contributed by atoms with Crippen molar-refractivity contribution < 1.29 is 9.47 Å². The van der Waals surface area contributed by atoms with E-state index in [-0.39, 0.29) is 0 Å². The largest absolute Gasteiger partial charge is 0.385 e. The van der Waals surface area contributed by atoms with Crippen molar-refractivity contribution in [3.05, 3.63) is 0 Å². The fourth-order valence-electron chi connectivity index (χ4n) is 1.13. The van der Waals surface area contributed by atoms with Gasteiger partial charge in [0.2, 0.25) is 0 Å². The van der Waals surface area contributed by atoms with Crippen LogP contribution in [0, 0.1) is 5.92 Å². The third-order valence-corrected chi connectivity index (χ3v) is 2.19. The van der Waals surface area contributed by atoms with E-state index in [0.29, 0.717) is 12.0 Å². The molecule has 2 unspecified atom stereocenters. The van der Waals surface area contributed by atoms with Gasteiger partial charge < -0.3 is 9.47 Å². The van der Waals surface area contributed by atoms with Gasteiger partial charge in [0.15, 0.2) is 0 Å². The number of hydrogen-bond acceptors (Lipinski definition) is 2. The van der Waals surface area contributed by atoms with Crippen LogP contribution in [-0.4, -0.2) is 26.9 Å². The zero-order valence-electron chi connectivity index (χ0n) is 8.09. The third-order valence-electron chi connectivity index (χ3n) is 2.19. The third kappa shape index (κ3) is 4.38. The van der Waals surface area contributed by atoms with Crippen LogP contribution >= 0.6 is 0 Å². The van der Waals surface area contributed by atoms with Crippen molar-refractivity contribution in [3.63, 3.8) is 0 Å². The summed E-state index contributed by atoms with van der Waals surface area (Å²) in [5.74, 6) is 0.634. The summed E-state index contributed by atoms with van der Waals surface area (Å²) in [7, 11) is 3.50. The Morgan fingerprint density at radius 3 is 2.27 bits per heavy atom. The molecule has 0 saturated carbocycles. The molecule has 0 amide bonds. The molecule has 0 spiro atoms. The molecule has 11 heavy (non-hydrogen) atoms. The van der Waals surface area contributed by atoms with Crippen molar-refractivity contribution in [2.45, 2.75) is 32.8 Å². The Morgan fingerprint density at radius 2 is 1.91 bits per heavy atom. The van der Waals surface area contributed by atoms with Crippen molar-refractivity contribution in [1.82, 2.24) is 0 Å². The van der Waals surface area contributed by atoms with Crippen molar-refractivity contribution in [2.24, 2.45) is 5.92 Å². The van der Waals surface area contributed by atoms with E-state index in [4.69, 9.17) is 9.47 Å². The number of methoxy groups -OCH3 is 2. The lowest BCUT2D eigenvalue weighted by Crippen LogP contribution is -2.21. The van der Waals surface area contributed by atoms with E-state index in [2.05, 4.69) is 13.8 Å². The second-order valence-corrected chi connectivity index (χ2v) is 2.94.